The molecule has 0 heterocycles. The van der Waals surface area contributed by atoms with E-state index in [1.807, 2.05) is 0 Å². The van der Waals surface area contributed by atoms with E-state index in [0.717, 1.165) is 6.26 Å². The van der Waals surface area contributed by atoms with Crippen LogP contribution in [0, 0.1) is 0 Å². The number of carbonyl (C=O) groups excluding carboxylic acids is 1. The van der Waals surface area contributed by atoms with Crippen molar-refractivity contribution < 1.29 is 17.9 Å². The van der Waals surface area contributed by atoms with Crippen molar-refractivity contribution in [3.63, 3.8) is 0 Å². The largest absolute Gasteiger partial charge is 0.427 e. The molecule has 1 rings (SSSR count). The molecule has 0 aliphatic heterocycles. The molecule has 0 spiro atoms. The first kappa shape index (κ1) is 11.7. The van der Waals surface area contributed by atoms with Crippen molar-refractivity contribution in [1.82, 2.24) is 0 Å². The Hall–Kier alpha value is -1.36. The van der Waals surface area contributed by atoms with Gasteiger partial charge in [-0.3, -0.25) is 4.79 Å². The summed E-state index contributed by atoms with van der Waals surface area (Å²) in [5.74, 6) is 0.0105. The van der Waals surface area contributed by atoms with E-state index < -0.39 is 9.84 Å². The Bertz CT molecular complexity index is 445. The van der Waals surface area contributed by atoms with Crippen LogP contribution < -0.4 is 4.74 Å². The van der Waals surface area contributed by atoms with Crippen LogP contribution in [0.4, 0.5) is 0 Å². The Balaban J connectivity index is 2.86. The summed E-state index contributed by atoms with van der Waals surface area (Å²) in [7, 11) is -3.19. The van der Waals surface area contributed by atoms with Crippen LogP contribution in [0.15, 0.2) is 29.2 Å². The molecular weight excluding hydrogens is 216 g/mol. The maximum absolute atomic E-state index is 11.1. The van der Waals surface area contributed by atoms with E-state index in [1.54, 1.807) is 6.92 Å². The maximum atomic E-state index is 11.1. The third-order valence-electron chi connectivity index (χ3n) is 1.77. The van der Waals surface area contributed by atoms with Crippen LogP contribution in [-0.4, -0.2) is 20.6 Å². The van der Waals surface area contributed by atoms with E-state index in [2.05, 4.69) is 0 Å². The van der Waals surface area contributed by atoms with Crippen LogP contribution in [0.1, 0.15) is 13.3 Å². The highest BCUT2D eigenvalue weighted by Gasteiger charge is 2.07. The molecule has 1 aromatic rings. The second kappa shape index (κ2) is 4.44. The number of hydrogen-bond acceptors (Lipinski definition) is 4. The monoisotopic (exact) mass is 228 g/mol. The van der Waals surface area contributed by atoms with Crippen LogP contribution in [0.25, 0.3) is 0 Å². The average Bonchev–Trinajstić information content (AvgIpc) is 2.17. The molecule has 0 atom stereocenters. The molecular formula is C10H12O4S. The second-order valence-corrected chi connectivity index (χ2v) is 5.09. The number of ether oxygens (including phenoxy) is 1. The van der Waals surface area contributed by atoms with Gasteiger partial charge in [-0.1, -0.05) is 6.92 Å². The highest BCUT2D eigenvalue weighted by molar-refractivity contribution is 7.90. The summed E-state index contributed by atoms with van der Waals surface area (Å²) in [5.41, 5.74) is 0. The van der Waals surface area contributed by atoms with Gasteiger partial charge in [0.15, 0.2) is 9.84 Å². The molecule has 0 aliphatic carbocycles. The zero-order valence-electron chi connectivity index (χ0n) is 8.56. The van der Waals surface area contributed by atoms with Crippen molar-refractivity contribution in [1.29, 1.82) is 0 Å². The van der Waals surface area contributed by atoms with Gasteiger partial charge in [0.1, 0.15) is 5.75 Å². The van der Waals surface area contributed by atoms with Gasteiger partial charge in [0.05, 0.1) is 4.90 Å². The number of sulfone groups is 1. The van der Waals surface area contributed by atoms with E-state index in [0.29, 0.717) is 5.75 Å². The Morgan fingerprint density at radius 1 is 1.27 bits per heavy atom. The van der Waals surface area contributed by atoms with Crippen molar-refractivity contribution in [2.24, 2.45) is 0 Å². The molecule has 5 heteroatoms. The van der Waals surface area contributed by atoms with Crippen LogP contribution in [-0.2, 0) is 14.6 Å². The van der Waals surface area contributed by atoms with E-state index in [1.165, 1.54) is 24.3 Å². The van der Waals surface area contributed by atoms with Gasteiger partial charge in [0, 0.05) is 12.7 Å². The van der Waals surface area contributed by atoms with Crippen molar-refractivity contribution >= 4 is 15.8 Å². The first-order chi connectivity index (χ1) is 6.93. The van der Waals surface area contributed by atoms with Gasteiger partial charge in [0.2, 0.25) is 0 Å². The first-order valence-corrected chi connectivity index (χ1v) is 6.33. The fraction of sp³-hybridized carbons (Fsp3) is 0.300. The number of rotatable bonds is 3. The molecule has 0 unspecified atom stereocenters. The predicted octanol–water partition coefficient (Wildman–Crippen LogP) is 1.41. The SMILES string of the molecule is CCC(=O)Oc1ccc(S(C)(=O)=O)cc1. The van der Waals surface area contributed by atoms with Crippen molar-refractivity contribution in [2.45, 2.75) is 18.2 Å². The van der Waals surface area contributed by atoms with Crippen LogP contribution >= 0.6 is 0 Å². The van der Waals surface area contributed by atoms with Gasteiger partial charge in [-0.25, -0.2) is 8.42 Å². The summed E-state index contributed by atoms with van der Waals surface area (Å²) in [5, 5.41) is 0. The molecule has 0 saturated heterocycles. The molecule has 0 radical (unpaired) electrons. The smallest absolute Gasteiger partial charge is 0.310 e. The average molecular weight is 228 g/mol. The predicted molar refractivity (Wildman–Crippen MR) is 55.5 cm³/mol. The van der Waals surface area contributed by atoms with Crippen LogP contribution in [0.2, 0.25) is 0 Å². The summed E-state index contributed by atoms with van der Waals surface area (Å²) >= 11 is 0. The molecule has 1 aromatic carbocycles. The number of carbonyl (C=O) groups is 1. The van der Waals surface area contributed by atoms with E-state index in [4.69, 9.17) is 4.74 Å². The van der Waals surface area contributed by atoms with E-state index in [-0.39, 0.29) is 17.3 Å². The Morgan fingerprint density at radius 3 is 2.20 bits per heavy atom. The molecule has 0 fully saturated rings. The molecule has 82 valence electrons. The Labute approximate surface area is 88.8 Å². The lowest BCUT2D eigenvalue weighted by Crippen LogP contribution is -2.05. The first-order valence-electron chi connectivity index (χ1n) is 4.44. The summed E-state index contributed by atoms with van der Waals surface area (Å²) < 4.78 is 27.1. The van der Waals surface area contributed by atoms with Gasteiger partial charge in [-0.2, -0.15) is 0 Å². The Kier molecular flexibility index (Phi) is 3.47. The van der Waals surface area contributed by atoms with Gasteiger partial charge >= 0.3 is 5.97 Å². The van der Waals surface area contributed by atoms with Gasteiger partial charge in [0.25, 0.3) is 0 Å². The fourth-order valence-electron chi connectivity index (χ4n) is 0.958. The fourth-order valence-corrected chi connectivity index (χ4v) is 1.59. The highest BCUT2D eigenvalue weighted by Crippen LogP contribution is 2.16. The third-order valence-corrected chi connectivity index (χ3v) is 2.90. The quantitative estimate of drug-likeness (QED) is 0.579. The van der Waals surface area contributed by atoms with Crippen molar-refractivity contribution in [3.05, 3.63) is 24.3 Å². The normalized spacial score (nSPS) is 11.1. The molecule has 15 heavy (non-hydrogen) atoms. The topological polar surface area (TPSA) is 60.4 Å². The maximum Gasteiger partial charge on any atom is 0.310 e. The van der Waals surface area contributed by atoms with Crippen LogP contribution in [0.3, 0.4) is 0 Å². The van der Waals surface area contributed by atoms with E-state index >= 15 is 0 Å². The zero-order valence-corrected chi connectivity index (χ0v) is 9.37. The molecule has 0 N–H and O–H groups in total. The standard InChI is InChI=1S/C10H12O4S/c1-3-10(11)14-8-4-6-9(7-5-8)15(2,12)13/h4-7H,3H2,1-2H3. The summed E-state index contributed by atoms with van der Waals surface area (Å²) in [4.78, 5) is 11.1. The molecule has 0 aromatic heterocycles. The minimum absolute atomic E-state index is 0.207. The van der Waals surface area contributed by atoms with Gasteiger partial charge in [-0.05, 0) is 24.3 Å². The zero-order chi connectivity index (χ0) is 11.5. The van der Waals surface area contributed by atoms with E-state index in [9.17, 15) is 13.2 Å². The van der Waals surface area contributed by atoms with Crippen LogP contribution in [0.5, 0.6) is 5.75 Å². The molecule has 0 saturated carbocycles. The molecule has 0 amide bonds. The lowest BCUT2D eigenvalue weighted by molar-refractivity contribution is -0.134. The molecule has 0 aliphatic rings. The van der Waals surface area contributed by atoms with Crippen molar-refractivity contribution in [2.75, 3.05) is 6.26 Å². The minimum Gasteiger partial charge on any atom is -0.427 e. The lowest BCUT2D eigenvalue weighted by atomic mass is 10.3. The molecule has 4 nitrogen and oxygen atoms in total. The van der Waals surface area contributed by atoms with Gasteiger partial charge < -0.3 is 4.74 Å². The summed E-state index contributed by atoms with van der Waals surface area (Å²) in [6, 6.07) is 5.75. The third kappa shape index (κ3) is 3.36. The Morgan fingerprint density at radius 2 is 1.80 bits per heavy atom. The van der Waals surface area contributed by atoms with Crippen molar-refractivity contribution in [3.8, 4) is 5.75 Å². The van der Waals surface area contributed by atoms with Gasteiger partial charge in [-0.15, -0.1) is 0 Å². The minimum atomic E-state index is -3.19. The number of esters is 1. The lowest BCUT2D eigenvalue weighted by Gasteiger charge is -2.03. The summed E-state index contributed by atoms with van der Waals surface area (Å²) in [6.07, 6.45) is 1.41. The summed E-state index contributed by atoms with van der Waals surface area (Å²) in [6.45, 7) is 1.69. The number of hydrogen-bond donors (Lipinski definition) is 0. The number of benzene rings is 1. The molecule has 0 bridgehead atoms. The highest BCUT2D eigenvalue weighted by atomic mass is 32.2. The second-order valence-electron chi connectivity index (χ2n) is 3.07.